The molecule has 0 spiro atoms. The van der Waals surface area contributed by atoms with Crippen LogP contribution < -0.4 is 0 Å². The van der Waals surface area contributed by atoms with Gasteiger partial charge in [-0.3, -0.25) is 0 Å². The molecular weight excluding hydrogens is 356 g/mol. The minimum Gasteiger partial charge on any atom is -0.370 e. The van der Waals surface area contributed by atoms with Gasteiger partial charge >= 0.3 is 0 Å². The van der Waals surface area contributed by atoms with Crippen molar-refractivity contribution in [2.45, 2.75) is 122 Å². The molecule has 1 heterocycles. The van der Waals surface area contributed by atoms with E-state index in [4.69, 9.17) is 23.7 Å². The Hall–Kier alpha value is -0.200. The molecule has 1 aliphatic heterocycles. The van der Waals surface area contributed by atoms with Crippen molar-refractivity contribution >= 4 is 0 Å². The van der Waals surface area contributed by atoms with Crippen molar-refractivity contribution in [1.82, 2.24) is 0 Å². The maximum atomic E-state index is 6.38. The molecule has 28 heavy (non-hydrogen) atoms. The van der Waals surface area contributed by atoms with Gasteiger partial charge in [-0.25, -0.2) is 0 Å². The summed E-state index contributed by atoms with van der Waals surface area (Å²) >= 11 is 0. The summed E-state index contributed by atoms with van der Waals surface area (Å²) in [6.07, 6.45) is 11.1. The predicted octanol–water partition coefficient (Wildman–Crippen LogP) is 5.70. The Balaban J connectivity index is 2.14. The standard InChI is InChI=1S/C23H46O5/c1-18(22(5)21(4)27-19(2)20(3)28-22)16-14-12-10-9-11-13-15-17-23(24-6,25-7)26-8/h18-21H,9-17H2,1-8H3. The maximum Gasteiger partial charge on any atom is 0.282 e. The van der Waals surface area contributed by atoms with Gasteiger partial charge in [0.25, 0.3) is 5.97 Å². The Morgan fingerprint density at radius 1 is 0.821 bits per heavy atom. The maximum absolute atomic E-state index is 6.38. The van der Waals surface area contributed by atoms with Gasteiger partial charge < -0.3 is 23.7 Å². The molecular formula is C23H46O5. The molecule has 1 aliphatic rings. The lowest BCUT2D eigenvalue weighted by Crippen LogP contribution is -2.56. The first-order valence-corrected chi connectivity index (χ1v) is 11.2. The van der Waals surface area contributed by atoms with Crippen molar-refractivity contribution in [1.29, 1.82) is 0 Å². The monoisotopic (exact) mass is 402 g/mol. The van der Waals surface area contributed by atoms with Gasteiger partial charge in [-0.2, -0.15) is 0 Å². The first-order chi connectivity index (χ1) is 13.2. The Morgan fingerprint density at radius 2 is 1.32 bits per heavy atom. The van der Waals surface area contributed by atoms with E-state index in [2.05, 4.69) is 34.6 Å². The normalized spacial score (nSPS) is 29.8. The summed E-state index contributed by atoms with van der Waals surface area (Å²) in [4.78, 5) is 0. The predicted molar refractivity (Wildman–Crippen MR) is 113 cm³/mol. The van der Waals surface area contributed by atoms with Crippen LogP contribution in [0.3, 0.4) is 0 Å². The van der Waals surface area contributed by atoms with Crippen LogP contribution in [0.5, 0.6) is 0 Å². The highest BCUT2D eigenvalue weighted by atomic mass is 16.9. The summed E-state index contributed by atoms with van der Waals surface area (Å²) in [6.45, 7) is 10.9. The van der Waals surface area contributed by atoms with Crippen LogP contribution in [0, 0.1) is 5.92 Å². The van der Waals surface area contributed by atoms with Crippen molar-refractivity contribution in [3.8, 4) is 0 Å². The fourth-order valence-electron chi connectivity index (χ4n) is 4.20. The number of hydrogen-bond acceptors (Lipinski definition) is 5. The third kappa shape index (κ3) is 7.24. The molecule has 1 saturated heterocycles. The lowest BCUT2D eigenvalue weighted by molar-refractivity contribution is -0.355. The Labute approximate surface area is 173 Å². The summed E-state index contributed by atoms with van der Waals surface area (Å²) in [5, 5.41) is 0. The van der Waals surface area contributed by atoms with Gasteiger partial charge in [0.2, 0.25) is 0 Å². The Kier molecular flexibility index (Phi) is 11.5. The molecule has 5 unspecified atom stereocenters. The molecule has 5 heteroatoms. The van der Waals surface area contributed by atoms with Crippen LogP contribution in [0.2, 0.25) is 0 Å². The van der Waals surface area contributed by atoms with Crippen molar-refractivity contribution in [2.24, 2.45) is 5.92 Å². The highest BCUT2D eigenvalue weighted by Gasteiger charge is 2.45. The zero-order valence-corrected chi connectivity index (χ0v) is 19.7. The third-order valence-corrected chi connectivity index (χ3v) is 6.86. The Bertz CT molecular complexity index is 404. The van der Waals surface area contributed by atoms with E-state index in [-0.39, 0.29) is 23.9 Å². The third-order valence-electron chi connectivity index (χ3n) is 6.86. The molecule has 1 fully saturated rings. The van der Waals surface area contributed by atoms with E-state index in [1.54, 1.807) is 21.3 Å². The summed E-state index contributed by atoms with van der Waals surface area (Å²) in [6, 6.07) is 0. The smallest absolute Gasteiger partial charge is 0.282 e. The van der Waals surface area contributed by atoms with E-state index >= 15 is 0 Å². The minimum atomic E-state index is -0.871. The molecule has 0 saturated carbocycles. The summed E-state index contributed by atoms with van der Waals surface area (Å²) in [7, 11) is 4.88. The van der Waals surface area contributed by atoms with Crippen molar-refractivity contribution in [3.63, 3.8) is 0 Å². The zero-order valence-electron chi connectivity index (χ0n) is 19.7. The Morgan fingerprint density at radius 3 is 1.86 bits per heavy atom. The van der Waals surface area contributed by atoms with Crippen molar-refractivity contribution < 1.29 is 23.7 Å². The molecule has 0 N–H and O–H groups in total. The quantitative estimate of drug-likeness (QED) is 0.276. The number of methoxy groups -OCH3 is 3. The van der Waals surface area contributed by atoms with Crippen LogP contribution >= 0.6 is 0 Å². The van der Waals surface area contributed by atoms with Gasteiger partial charge in [-0.15, -0.1) is 0 Å². The first-order valence-electron chi connectivity index (χ1n) is 11.2. The van der Waals surface area contributed by atoms with Crippen LogP contribution in [0.15, 0.2) is 0 Å². The van der Waals surface area contributed by atoms with Gasteiger partial charge in [0.15, 0.2) is 0 Å². The second-order valence-corrected chi connectivity index (χ2v) is 8.70. The average molecular weight is 403 g/mol. The lowest BCUT2D eigenvalue weighted by atomic mass is 9.81. The SMILES string of the molecule is COC(CCCCCCCCCC(C)C1(C)OC(C)C(C)OC1C)(OC)OC. The van der Waals surface area contributed by atoms with Crippen molar-refractivity contribution in [2.75, 3.05) is 21.3 Å². The average Bonchev–Trinajstić information content (AvgIpc) is 2.68. The summed E-state index contributed by atoms with van der Waals surface area (Å²) in [5.41, 5.74) is -0.178. The zero-order chi connectivity index (χ0) is 21.2. The van der Waals surface area contributed by atoms with E-state index in [0.29, 0.717) is 5.92 Å². The molecule has 0 bridgehead atoms. The highest BCUT2D eigenvalue weighted by Crippen LogP contribution is 2.37. The van der Waals surface area contributed by atoms with Gasteiger partial charge in [-0.05, 0) is 46.5 Å². The molecule has 0 radical (unpaired) electrons. The van der Waals surface area contributed by atoms with Gasteiger partial charge in [0, 0.05) is 27.8 Å². The largest absolute Gasteiger partial charge is 0.370 e. The van der Waals surface area contributed by atoms with Crippen LogP contribution in [-0.4, -0.2) is 51.2 Å². The minimum absolute atomic E-state index is 0.145. The molecule has 5 nitrogen and oxygen atoms in total. The number of unbranched alkanes of at least 4 members (excludes halogenated alkanes) is 6. The van der Waals surface area contributed by atoms with Crippen LogP contribution in [0.25, 0.3) is 0 Å². The topological polar surface area (TPSA) is 46.2 Å². The summed E-state index contributed by atoms with van der Waals surface area (Å²) in [5.74, 6) is -0.369. The number of ether oxygens (including phenoxy) is 5. The van der Waals surface area contributed by atoms with Gasteiger partial charge in [0.1, 0.15) is 0 Å². The van der Waals surface area contributed by atoms with Crippen LogP contribution in [-0.2, 0) is 23.7 Å². The molecule has 0 amide bonds. The fraction of sp³-hybridized carbons (Fsp3) is 1.00. The number of hydrogen-bond donors (Lipinski definition) is 0. The summed E-state index contributed by atoms with van der Waals surface area (Å²) < 4.78 is 28.5. The molecule has 0 aromatic rings. The molecule has 0 aliphatic carbocycles. The van der Waals surface area contributed by atoms with E-state index in [9.17, 15) is 0 Å². The second kappa shape index (κ2) is 12.5. The van der Waals surface area contributed by atoms with E-state index in [1.807, 2.05) is 0 Å². The lowest BCUT2D eigenvalue weighted by Gasteiger charge is -2.48. The number of rotatable bonds is 14. The molecule has 0 aromatic carbocycles. The first kappa shape index (κ1) is 25.8. The second-order valence-electron chi connectivity index (χ2n) is 8.70. The van der Waals surface area contributed by atoms with E-state index < -0.39 is 5.97 Å². The van der Waals surface area contributed by atoms with E-state index in [0.717, 1.165) is 12.8 Å². The molecule has 1 rings (SSSR count). The van der Waals surface area contributed by atoms with Gasteiger partial charge in [-0.1, -0.05) is 45.4 Å². The van der Waals surface area contributed by atoms with Crippen LogP contribution in [0.4, 0.5) is 0 Å². The highest BCUT2D eigenvalue weighted by molar-refractivity contribution is 4.92. The fourth-order valence-corrected chi connectivity index (χ4v) is 4.20. The van der Waals surface area contributed by atoms with Gasteiger partial charge in [0.05, 0.1) is 23.9 Å². The molecule has 0 aromatic heterocycles. The van der Waals surface area contributed by atoms with Crippen molar-refractivity contribution in [3.05, 3.63) is 0 Å². The molecule has 168 valence electrons. The van der Waals surface area contributed by atoms with E-state index in [1.165, 1.54) is 44.9 Å². The molecule has 5 atom stereocenters. The van der Waals surface area contributed by atoms with Crippen LogP contribution in [0.1, 0.15) is 92.4 Å².